The van der Waals surface area contributed by atoms with Crippen molar-refractivity contribution < 1.29 is 9.53 Å². The predicted molar refractivity (Wildman–Crippen MR) is 60.4 cm³/mol. The van der Waals surface area contributed by atoms with Gasteiger partial charge >= 0.3 is 0 Å². The van der Waals surface area contributed by atoms with Crippen LogP contribution in [0.2, 0.25) is 0 Å². The van der Waals surface area contributed by atoms with Crippen molar-refractivity contribution in [1.82, 2.24) is 0 Å². The fourth-order valence-electron chi connectivity index (χ4n) is 1.49. The molecule has 0 atom stereocenters. The molecule has 0 fully saturated rings. The first-order chi connectivity index (χ1) is 6.81. The number of Topliss-reactive ketones (excluding diaryl/α,β-unsaturated/α-hetero) is 1. The predicted octanol–water partition coefficient (Wildman–Crippen LogP) is 2.37. The number of fused-ring (bicyclic) bond motifs is 1. The maximum atomic E-state index is 11.5. The molecule has 4 heteroatoms. The molecule has 1 aliphatic rings. The van der Waals surface area contributed by atoms with E-state index in [1.165, 1.54) is 16.2 Å². The van der Waals surface area contributed by atoms with Crippen LogP contribution in [0, 0.1) is 0 Å². The lowest BCUT2D eigenvalue weighted by atomic mass is 10.2. The zero-order chi connectivity index (χ0) is 9.97. The molecular weight excluding hydrogens is 216 g/mol. The van der Waals surface area contributed by atoms with Crippen LogP contribution in [0.25, 0.3) is 0 Å². The third-order valence-corrected chi connectivity index (χ3v) is 4.46. The SMILES string of the molecule is COCC(=O)c1cc2c(s1)CCSC2. The number of carbonyl (C=O) groups is 1. The van der Waals surface area contributed by atoms with Crippen molar-refractivity contribution in [3.05, 3.63) is 21.4 Å². The average Bonchev–Trinajstić information content (AvgIpc) is 2.61. The second kappa shape index (κ2) is 4.47. The average molecular weight is 228 g/mol. The van der Waals surface area contributed by atoms with Gasteiger partial charge in [0.2, 0.25) is 0 Å². The summed E-state index contributed by atoms with van der Waals surface area (Å²) in [5.74, 6) is 2.36. The lowest BCUT2D eigenvalue weighted by molar-refractivity contribution is 0.0852. The van der Waals surface area contributed by atoms with Crippen LogP contribution in [0.15, 0.2) is 6.07 Å². The lowest BCUT2D eigenvalue weighted by Gasteiger charge is -2.08. The van der Waals surface area contributed by atoms with Crippen molar-refractivity contribution in [2.75, 3.05) is 19.5 Å². The first kappa shape index (κ1) is 10.2. The van der Waals surface area contributed by atoms with E-state index in [2.05, 4.69) is 0 Å². The number of ether oxygens (including phenoxy) is 1. The number of thioether (sulfide) groups is 1. The van der Waals surface area contributed by atoms with E-state index in [0.29, 0.717) is 0 Å². The molecule has 2 nitrogen and oxygen atoms in total. The third-order valence-electron chi connectivity index (χ3n) is 2.18. The van der Waals surface area contributed by atoms with Crippen LogP contribution < -0.4 is 0 Å². The van der Waals surface area contributed by atoms with E-state index in [-0.39, 0.29) is 12.4 Å². The van der Waals surface area contributed by atoms with Crippen molar-refractivity contribution >= 4 is 28.9 Å². The topological polar surface area (TPSA) is 26.3 Å². The molecule has 14 heavy (non-hydrogen) atoms. The first-order valence-corrected chi connectivity index (χ1v) is 6.50. The molecule has 0 bridgehead atoms. The van der Waals surface area contributed by atoms with Gasteiger partial charge in [-0.25, -0.2) is 0 Å². The quantitative estimate of drug-likeness (QED) is 0.743. The van der Waals surface area contributed by atoms with Crippen molar-refractivity contribution in [2.24, 2.45) is 0 Å². The highest BCUT2D eigenvalue weighted by Gasteiger charge is 2.16. The molecule has 0 aromatic carbocycles. The number of hydrogen-bond donors (Lipinski definition) is 0. The van der Waals surface area contributed by atoms with E-state index in [0.717, 1.165) is 17.1 Å². The molecule has 0 spiro atoms. The van der Waals surface area contributed by atoms with Crippen LogP contribution in [-0.2, 0) is 16.9 Å². The summed E-state index contributed by atoms with van der Waals surface area (Å²) in [6.45, 7) is 0.201. The third kappa shape index (κ3) is 2.02. The van der Waals surface area contributed by atoms with Gasteiger partial charge < -0.3 is 4.74 Å². The summed E-state index contributed by atoms with van der Waals surface area (Å²) in [4.78, 5) is 13.8. The summed E-state index contributed by atoms with van der Waals surface area (Å²) >= 11 is 3.58. The molecule has 0 saturated carbocycles. The molecule has 2 heterocycles. The standard InChI is InChI=1S/C10H12O2S2/c1-12-5-8(11)10-4-7-6-13-3-2-9(7)14-10/h4H,2-3,5-6H2,1H3. The fourth-order valence-corrected chi connectivity index (χ4v) is 3.78. The Kier molecular flexibility index (Phi) is 3.26. The minimum Gasteiger partial charge on any atom is -0.376 e. The van der Waals surface area contributed by atoms with E-state index in [4.69, 9.17) is 4.74 Å². The number of ketones is 1. The highest BCUT2D eigenvalue weighted by molar-refractivity contribution is 7.98. The number of rotatable bonds is 3. The Bertz CT molecular complexity index is 320. The minimum absolute atomic E-state index is 0.108. The Hall–Kier alpha value is -0.320. The summed E-state index contributed by atoms with van der Waals surface area (Å²) < 4.78 is 4.84. The Balaban J connectivity index is 2.19. The van der Waals surface area contributed by atoms with Gasteiger partial charge in [0.25, 0.3) is 0 Å². The molecule has 1 aromatic rings. The normalized spacial score (nSPS) is 15.2. The Morgan fingerprint density at radius 2 is 2.50 bits per heavy atom. The van der Waals surface area contributed by atoms with E-state index < -0.39 is 0 Å². The van der Waals surface area contributed by atoms with E-state index in [9.17, 15) is 4.79 Å². The molecular formula is C10H12O2S2. The monoisotopic (exact) mass is 228 g/mol. The number of aryl methyl sites for hydroxylation is 1. The minimum atomic E-state index is 0.108. The number of hydrogen-bond acceptors (Lipinski definition) is 4. The molecule has 2 rings (SSSR count). The van der Waals surface area contributed by atoms with Gasteiger partial charge in [-0.15, -0.1) is 11.3 Å². The molecule has 1 aliphatic heterocycles. The van der Waals surface area contributed by atoms with Gasteiger partial charge in [0.05, 0.1) is 4.88 Å². The summed E-state index contributed by atoms with van der Waals surface area (Å²) in [6.07, 6.45) is 1.12. The van der Waals surface area contributed by atoms with Crippen molar-refractivity contribution in [3.63, 3.8) is 0 Å². The summed E-state index contributed by atoms with van der Waals surface area (Å²) in [7, 11) is 1.56. The van der Waals surface area contributed by atoms with Crippen LogP contribution in [-0.4, -0.2) is 25.3 Å². The lowest BCUT2D eigenvalue weighted by Crippen LogP contribution is -2.04. The first-order valence-electron chi connectivity index (χ1n) is 4.52. The Morgan fingerprint density at radius 1 is 1.64 bits per heavy atom. The van der Waals surface area contributed by atoms with Crippen LogP contribution in [0.3, 0.4) is 0 Å². The van der Waals surface area contributed by atoms with E-state index in [1.54, 1.807) is 18.4 Å². The molecule has 0 aliphatic carbocycles. The summed E-state index contributed by atoms with van der Waals surface area (Å²) in [5.41, 5.74) is 1.35. The van der Waals surface area contributed by atoms with E-state index in [1.807, 2.05) is 17.8 Å². The van der Waals surface area contributed by atoms with Gasteiger partial charge in [-0.05, 0) is 23.8 Å². The van der Waals surface area contributed by atoms with Gasteiger partial charge in [0.15, 0.2) is 5.78 Å². The van der Waals surface area contributed by atoms with Crippen LogP contribution >= 0.6 is 23.1 Å². The zero-order valence-electron chi connectivity index (χ0n) is 8.04. The zero-order valence-corrected chi connectivity index (χ0v) is 9.67. The Labute approximate surface area is 91.7 Å². The van der Waals surface area contributed by atoms with Gasteiger partial charge in [0, 0.05) is 17.7 Å². The van der Waals surface area contributed by atoms with Gasteiger partial charge in [-0.3, -0.25) is 4.79 Å². The molecule has 0 amide bonds. The summed E-state index contributed by atoms with van der Waals surface area (Å²) in [5, 5.41) is 0. The maximum Gasteiger partial charge on any atom is 0.198 e. The number of carbonyl (C=O) groups excluding carboxylic acids is 1. The van der Waals surface area contributed by atoms with Crippen molar-refractivity contribution in [3.8, 4) is 0 Å². The second-order valence-electron chi connectivity index (χ2n) is 3.22. The van der Waals surface area contributed by atoms with Crippen LogP contribution in [0.1, 0.15) is 20.1 Å². The van der Waals surface area contributed by atoms with Gasteiger partial charge in [-0.1, -0.05) is 0 Å². The second-order valence-corrected chi connectivity index (χ2v) is 5.46. The molecule has 76 valence electrons. The molecule has 0 unspecified atom stereocenters. The highest BCUT2D eigenvalue weighted by atomic mass is 32.2. The summed E-state index contributed by atoms with van der Waals surface area (Å²) in [6, 6.07) is 2.04. The largest absolute Gasteiger partial charge is 0.376 e. The fraction of sp³-hybridized carbons (Fsp3) is 0.500. The van der Waals surface area contributed by atoms with Crippen LogP contribution in [0.5, 0.6) is 0 Å². The van der Waals surface area contributed by atoms with E-state index >= 15 is 0 Å². The van der Waals surface area contributed by atoms with Crippen molar-refractivity contribution in [1.29, 1.82) is 0 Å². The van der Waals surface area contributed by atoms with Crippen molar-refractivity contribution in [2.45, 2.75) is 12.2 Å². The molecule has 1 aromatic heterocycles. The smallest absolute Gasteiger partial charge is 0.198 e. The van der Waals surface area contributed by atoms with Gasteiger partial charge in [-0.2, -0.15) is 11.8 Å². The Morgan fingerprint density at radius 3 is 3.21 bits per heavy atom. The van der Waals surface area contributed by atoms with Gasteiger partial charge in [0.1, 0.15) is 6.61 Å². The molecule has 0 saturated heterocycles. The highest BCUT2D eigenvalue weighted by Crippen LogP contribution is 2.31. The number of thiophene rings is 1. The molecule has 0 radical (unpaired) electrons. The number of methoxy groups -OCH3 is 1. The van der Waals surface area contributed by atoms with Crippen LogP contribution in [0.4, 0.5) is 0 Å². The maximum absolute atomic E-state index is 11.5. The molecule has 0 N–H and O–H groups in total.